The molecule has 2 N–H and O–H groups in total. The summed E-state index contributed by atoms with van der Waals surface area (Å²) in [6.45, 7) is 2.14. The van der Waals surface area contributed by atoms with Crippen molar-refractivity contribution in [3.8, 4) is 34.3 Å². The van der Waals surface area contributed by atoms with Crippen LogP contribution in [0.1, 0.15) is 18.9 Å². The molecule has 2 heterocycles. The van der Waals surface area contributed by atoms with E-state index in [0.29, 0.717) is 17.1 Å². The molecule has 0 aliphatic rings. The Hall–Kier alpha value is -3.59. The predicted octanol–water partition coefficient (Wildman–Crippen LogP) is 3.80. The molecule has 0 aliphatic carbocycles. The summed E-state index contributed by atoms with van der Waals surface area (Å²) in [5.74, 6) is 0.680. The minimum Gasteiger partial charge on any atom is -0.414 e. The van der Waals surface area contributed by atoms with E-state index in [4.69, 9.17) is 10.2 Å². The molecule has 0 aliphatic heterocycles. The maximum atomic E-state index is 11.7. The van der Waals surface area contributed by atoms with E-state index in [-0.39, 0.29) is 22.3 Å². The summed E-state index contributed by atoms with van der Waals surface area (Å²) in [5.41, 5.74) is 9.51. The SMILES string of the molecule is CCCc1ccc(-c2nnc(-c3nc(-c4ccc(S(C)(=O)=O)cc4)cnc3N)o2)cc1. The van der Waals surface area contributed by atoms with Crippen LogP contribution in [0.25, 0.3) is 34.3 Å². The van der Waals surface area contributed by atoms with E-state index < -0.39 is 9.84 Å². The third-order valence-corrected chi connectivity index (χ3v) is 5.87. The van der Waals surface area contributed by atoms with Crippen molar-refractivity contribution in [3.63, 3.8) is 0 Å². The van der Waals surface area contributed by atoms with Crippen molar-refractivity contribution in [3.05, 3.63) is 60.3 Å². The fourth-order valence-corrected chi connectivity index (χ4v) is 3.74. The number of aromatic nitrogens is 4. The lowest BCUT2D eigenvalue weighted by molar-refractivity contribution is 0.582. The molecule has 0 spiro atoms. The number of sulfone groups is 1. The average Bonchev–Trinajstić information content (AvgIpc) is 3.24. The maximum absolute atomic E-state index is 11.7. The molecular formula is C22H21N5O3S. The highest BCUT2D eigenvalue weighted by atomic mass is 32.2. The minimum absolute atomic E-state index is 0.157. The van der Waals surface area contributed by atoms with Crippen molar-refractivity contribution < 1.29 is 12.8 Å². The lowest BCUT2D eigenvalue weighted by Gasteiger charge is -2.05. The van der Waals surface area contributed by atoms with E-state index in [2.05, 4.69) is 27.1 Å². The van der Waals surface area contributed by atoms with Crippen LogP contribution in [-0.4, -0.2) is 34.8 Å². The van der Waals surface area contributed by atoms with Gasteiger partial charge in [0.25, 0.3) is 5.89 Å². The van der Waals surface area contributed by atoms with Gasteiger partial charge in [-0.1, -0.05) is 37.6 Å². The van der Waals surface area contributed by atoms with Gasteiger partial charge in [-0.15, -0.1) is 10.2 Å². The fourth-order valence-electron chi connectivity index (χ4n) is 3.11. The predicted molar refractivity (Wildman–Crippen MR) is 118 cm³/mol. The molecule has 31 heavy (non-hydrogen) atoms. The van der Waals surface area contributed by atoms with Gasteiger partial charge >= 0.3 is 0 Å². The number of aryl methyl sites for hydroxylation is 1. The topological polar surface area (TPSA) is 125 Å². The number of rotatable bonds is 6. The molecule has 0 amide bonds. The lowest BCUT2D eigenvalue weighted by atomic mass is 10.1. The van der Waals surface area contributed by atoms with Crippen LogP contribution in [0.15, 0.2) is 64.0 Å². The van der Waals surface area contributed by atoms with E-state index >= 15 is 0 Å². The van der Waals surface area contributed by atoms with Gasteiger partial charge in [-0.25, -0.2) is 18.4 Å². The quantitative estimate of drug-likeness (QED) is 0.485. The highest BCUT2D eigenvalue weighted by molar-refractivity contribution is 7.90. The highest BCUT2D eigenvalue weighted by Gasteiger charge is 2.17. The van der Waals surface area contributed by atoms with Crippen LogP contribution in [0.4, 0.5) is 5.82 Å². The summed E-state index contributed by atoms with van der Waals surface area (Å²) in [4.78, 5) is 8.93. The number of nitrogens with zero attached hydrogens (tertiary/aromatic N) is 4. The molecule has 0 atom stereocenters. The van der Waals surface area contributed by atoms with Gasteiger partial charge in [-0.3, -0.25) is 0 Å². The van der Waals surface area contributed by atoms with Crippen molar-refractivity contribution in [1.82, 2.24) is 20.2 Å². The first-order valence-corrected chi connectivity index (χ1v) is 11.6. The zero-order chi connectivity index (χ0) is 22.0. The Labute approximate surface area is 180 Å². The van der Waals surface area contributed by atoms with Gasteiger partial charge in [0.05, 0.1) is 16.8 Å². The largest absolute Gasteiger partial charge is 0.414 e. The molecule has 2 aromatic carbocycles. The summed E-state index contributed by atoms with van der Waals surface area (Å²) >= 11 is 0. The minimum atomic E-state index is -3.28. The third-order valence-electron chi connectivity index (χ3n) is 4.75. The molecule has 0 bridgehead atoms. The number of hydrogen-bond donors (Lipinski definition) is 1. The first-order valence-electron chi connectivity index (χ1n) is 9.71. The summed E-state index contributed by atoms with van der Waals surface area (Å²) in [7, 11) is -3.28. The fraction of sp³-hybridized carbons (Fsp3) is 0.182. The van der Waals surface area contributed by atoms with Crippen LogP contribution in [0, 0.1) is 0 Å². The van der Waals surface area contributed by atoms with Gasteiger partial charge in [0, 0.05) is 17.4 Å². The molecular weight excluding hydrogens is 414 g/mol. The second-order valence-electron chi connectivity index (χ2n) is 7.14. The van der Waals surface area contributed by atoms with Gasteiger partial charge in [0.15, 0.2) is 21.3 Å². The number of anilines is 1. The summed E-state index contributed by atoms with van der Waals surface area (Å²) < 4.78 is 29.1. The molecule has 2 aromatic heterocycles. The molecule has 4 aromatic rings. The number of nitrogens with two attached hydrogens (primary N) is 1. The average molecular weight is 436 g/mol. The van der Waals surface area contributed by atoms with Gasteiger partial charge in [0.1, 0.15) is 0 Å². The van der Waals surface area contributed by atoms with Crippen molar-refractivity contribution in [2.75, 3.05) is 12.0 Å². The van der Waals surface area contributed by atoms with Crippen molar-refractivity contribution in [2.45, 2.75) is 24.7 Å². The van der Waals surface area contributed by atoms with Crippen LogP contribution in [0.2, 0.25) is 0 Å². The van der Waals surface area contributed by atoms with E-state index in [1.165, 1.54) is 23.9 Å². The first kappa shape index (κ1) is 20.7. The molecule has 0 fully saturated rings. The van der Waals surface area contributed by atoms with Crippen molar-refractivity contribution in [1.29, 1.82) is 0 Å². The van der Waals surface area contributed by atoms with E-state index in [0.717, 1.165) is 24.7 Å². The Morgan fingerprint density at radius 3 is 2.23 bits per heavy atom. The molecule has 158 valence electrons. The zero-order valence-corrected chi connectivity index (χ0v) is 17.9. The Bertz CT molecular complexity index is 1310. The van der Waals surface area contributed by atoms with Gasteiger partial charge in [-0.2, -0.15) is 0 Å². The summed E-state index contributed by atoms with van der Waals surface area (Å²) in [6.07, 6.45) is 4.76. The molecule has 0 radical (unpaired) electrons. The van der Waals surface area contributed by atoms with E-state index in [1.807, 2.05) is 24.3 Å². The molecule has 8 nitrogen and oxygen atoms in total. The van der Waals surface area contributed by atoms with Gasteiger partial charge < -0.3 is 10.2 Å². The Morgan fingerprint density at radius 1 is 0.935 bits per heavy atom. The van der Waals surface area contributed by atoms with Gasteiger partial charge in [-0.05, 0) is 36.2 Å². The van der Waals surface area contributed by atoms with Crippen LogP contribution in [-0.2, 0) is 16.3 Å². The summed E-state index contributed by atoms with van der Waals surface area (Å²) in [5, 5.41) is 8.20. The third kappa shape index (κ3) is 4.46. The van der Waals surface area contributed by atoms with E-state index in [1.54, 1.807) is 12.1 Å². The van der Waals surface area contributed by atoms with Crippen LogP contribution in [0.3, 0.4) is 0 Å². The highest BCUT2D eigenvalue weighted by Crippen LogP contribution is 2.28. The molecule has 0 unspecified atom stereocenters. The Kier molecular flexibility index (Phi) is 5.51. The Balaban J connectivity index is 1.65. The van der Waals surface area contributed by atoms with Gasteiger partial charge in [0.2, 0.25) is 5.89 Å². The zero-order valence-electron chi connectivity index (χ0n) is 17.1. The number of benzene rings is 2. The number of hydrogen-bond acceptors (Lipinski definition) is 8. The van der Waals surface area contributed by atoms with E-state index in [9.17, 15) is 8.42 Å². The number of nitrogen functional groups attached to an aromatic ring is 1. The second kappa shape index (κ2) is 8.27. The second-order valence-corrected chi connectivity index (χ2v) is 9.16. The molecule has 4 rings (SSSR count). The molecule has 0 saturated carbocycles. The van der Waals surface area contributed by atoms with Crippen molar-refractivity contribution >= 4 is 15.7 Å². The molecule has 9 heteroatoms. The standard InChI is InChI=1S/C22H21N5O3S/c1-3-4-14-5-7-16(8-6-14)21-26-27-22(30-21)19-20(23)24-13-18(25-19)15-9-11-17(12-10-15)31(2,28)29/h5-13H,3-4H2,1-2H3,(H2,23,24). The molecule has 0 saturated heterocycles. The Morgan fingerprint density at radius 2 is 1.58 bits per heavy atom. The smallest absolute Gasteiger partial charge is 0.270 e. The normalized spacial score (nSPS) is 11.5. The maximum Gasteiger partial charge on any atom is 0.270 e. The lowest BCUT2D eigenvalue weighted by Crippen LogP contribution is -2.00. The van der Waals surface area contributed by atoms with Crippen LogP contribution in [0.5, 0.6) is 0 Å². The summed E-state index contributed by atoms with van der Waals surface area (Å²) in [6, 6.07) is 14.3. The van der Waals surface area contributed by atoms with Crippen molar-refractivity contribution in [2.24, 2.45) is 0 Å². The van der Waals surface area contributed by atoms with Crippen LogP contribution >= 0.6 is 0 Å². The van der Waals surface area contributed by atoms with Crippen LogP contribution < -0.4 is 5.73 Å². The monoisotopic (exact) mass is 435 g/mol. The first-order chi connectivity index (χ1) is 14.8.